The van der Waals surface area contributed by atoms with Crippen LogP contribution in [0.25, 0.3) is 0 Å². The van der Waals surface area contributed by atoms with Gasteiger partial charge >= 0.3 is 0 Å². The lowest BCUT2D eigenvalue weighted by molar-refractivity contribution is 0.0933. The molecule has 0 unspecified atom stereocenters. The van der Waals surface area contributed by atoms with E-state index in [9.17, 15) is 4.79 Å². The summed E-state index contributed by atoms with van der Waals surface area (Å²) >= 11 is 0. The van der Waals surface area contributed by atoms with Gasteiger partial charge in [0.1, 0.15) is 5.82 Å². The third-order valence-corrected chi connectivity index (χ3v) is 5.11. The molecule has 3 rings (SSSR count). The molecule has 0 radical (unpaired) electrons. The molecule has 2 heterocycles. The first kappa shape index (κ1) is 17.6. The number of aryl methyl sites for hydroxylation is 1. The molecule has 1 aliphatic heterocycles. The summed E-state index contributed by atoms with van der Waals surface area (Å²) in [6.07, 6.45) is 2.21. The molecule has 0 saturated carbocycles. The van der Waals surface area contributed by atoms with Crippen molar-refractivity contribution in [2.75, 3.05) is 13.1 Å². The minimum atomic E-state index is -0.0331. The molecule has 6 nitrogen and oxygen atoms in total. The van der Waals surface area contributed by atoms with Crippen LogP contribution in [0.3, 0.4) is 0 Å². The predicted molar refractivity (Wildman–Crippen MR) is 97.5 cm³/mol. The van der Waals surface area contributed by atoms with Gasteiger partial charge in [0.2, 0.25) is 0 Å². The second kappa shape index (κ2) is 7.78. The molecule has 134 valence electrons. The molecular weight excluding hydrogens is 314 g/mol. The summed E-state index contributed by atoms with van der Waals surface area (Å²) in [5.74, 6) is 1.68. The van der Waals surface area contributed by atoms with Crippen molar-refractivity contribution in [3.05, 3.63) is 47.5 Å². The number of H-pyrrole nitrogens is 1. The lowest BCUT2D eigenvalue weighted by Gasteiger charge is -2.25. The smallest absolute Gasteiger partial charge is 0.251 e. The minimum absolute atomic E-state index is 0.0171. The molecule has 2 aromatic rings. The van der Waals surface area contributed by atoms with E-state index in [-0.39, 0.29) is 17.9 Å². The second-order valence-corrected chi connectivity index (χ2v) is 6.76. The van der Waals surface area contributed by atoms with Gasteiger partial charge in [0.15, 0.2) is 5.82 Å². The third kappa shape index (κ3) is 3.90. The van der Waals surface area contributed by atoms with Gasteiger partial charge in [0.05, 0.1) is 12.0 Å². The molecule has 1 fully saturated rings. The number of rotatable bonds is 6. The van der Waals surface area contributed by atoms with Gasteiger partial charge in [-0.3, -0.25) is 14.8 Å². The number of nitrogens with zero attached hydrogens (tertiary/aromatic N) is 3. The van der Waals surface area contributed by atoms with Crippen molar-refractivity contribution in [1.29, 1.82) is 0 Å². The third-order valence-electron chi connectivity index (χ3n) is 5.11. The standard InChI is InChI=1S/C19H27N5O/c1-4-15(5-2)24-11-16(18-20-13(3)22-23-18)17(12-24)21-19(25)14-9-7-6-8-10-14/h6-10,15-17H,4-5,11-12H2,1-3H3,(H,21,25)(H,20,22,23)/t16-,17-/m1/s1. The fourth-order valence-electron chi connectivity index (χ4n) is 3.71. The van der Waals surface area contributed by atoms with E-state index < -0.39 is 0 Å². The van der Waals surface area contributed by atoms with Crippen molar-refractivity contribution in [3.8, 4) is 0 Å². The van der Waals surface area contributed by atoms with Gasteiger partial charge < -0.3 is 5.32 Å². The van der Waals surface area contributed by atoms with Crippen molar-refractivity contribution < 1.29 is 4.79 Å². The van der Waals surface area contributed by atoms with Crippen LogP contribution in [0, 0.1) is 6.92 Å². The van der Waals surface area contributed by atoms with Gasteiger partial charge in [-0.15, -0.1) is 0 Å². The zero-order chi connectivity index (χ0) is 17.8. The van der Waals surface area contributed by atoms with E-state index in [2.05, 4.69) is 39.2 Å². The Morgan fingerprint density at radius 2 is 2.00 bits per heavy atom. The summed E-state index contributed by atoms with van der Waals surface area (Å²) in [5, 5.41) is 10.5. The van der Waals surface area contributed by atoms with Gasteiger partial charge in [-0.2, -0.15) is 5.10 Å². The number of carbonyl (C=O) groups is 1. The Bertz CT molecular complexity index is 695. The van der Waals surface area contributed by atoms with E-state index in [1.807, 2.05) is 37.3 Å². The Morgan fingerprint density at radius 3 is 2.60 bits per heavy atom. The highest BCUT2D eigenvalue weighted by molar-refractivity contribution is 5.94. The summed E-state index contributed by atoms with van der Waals surface area (Å²) < 4.78 is 0. The predicted octanol–water partition coefficient (Wildman–Crippen LogP) is 2.50. The number of hydrogen-bond acceptors (Lipinski definition) is 4. The number of likely N-dealkylation sites (tertiary alicyclic amines) is 1. The molecule has 2 N–H and O–H groups in total. The molecule has 0 bridgehead atoms. The Balaban J connectivity index is 1.79. The zero-order valence-electron chi connectivity index (χ0n) is 15.2. The molecule has 1 aliphatic rings. The molecule has 1 amide bonds. The van der Waals surface area contributed by atoms with Crippen LogP contribution in [-0.2, 0) is 0 Å². The number of nitrogens with one attached hydrogen (secondary N) is 2. The zero-order valence-corrected chi connectivity index (χ0v) is 15.2. The Hall–Kier alpha value is -2.21. The highest BCUT2D eigenvalue weighted by atomic mass is 16.1. The number of hydrogen-bond donors (Lipinski definition) is 2. The summed E-state index contributed by atoms with van der Waals surface area (Å²) in [4.78, 5) is 19.6. The van der Waals surface area contributed by atoms with E-state index in [4.69, 9.17) is 0 Å². The summed E-state index contributed by atoms with van der Waals surface area (Å²) in [6, 6.07) is 9.92. The van der Waals surface area contributed by atoms with Crippen molar-refractivity contribution >= 4 is 5.91 Å². The summed E-state index contributed by atoms with van der Waals surface area (Å²) in [5.41, 5.74) is 0.688. The van der Waals surface area contributed by atoms with Crippen molar-refractivity contribution in [3.63, 3.8) is 0 Å². The summed E-state index contributed by atoms with van der Waals surface area (Å²) in [6.45, 7) is 8.06. The van der Waals surface area contributed by atoms with E-state index >= 15 is 0 Å². The van der Waals surface area contributed by atoms with Crippen LogP contribution in [0.2, 0.25) is 0 Å². The van der Waals surface area contributed by atoms with Crippen LogP contribution in [0.4, 0.5) is 0 Å². The summed E-state index contributed by atoms with van der Waals surface area (Å²) in [7, 11) is 0. The molecule has 1 aromatic heterocycles. The number of aromatic nitrogens is 3. The van der Waals surface area contributed by atoms with Crippen LogP contribution in [-0.4, -0.2) is 51.2 Å². The maximum Gasteiger partial charge on any atom is 0.251 e. The van der Waals surface area contributed by atoms with Crippen molar-refractivity contribution in [1.82, 2.24) is 25.4 Å². The second-order valence-electron chi connectivity index (χ2n) is 6.76. The Labute approximate surface area is 149 Å². The van der Waals surface area contributed by atoms with Crippen LogP contribution in [0.5, 0.6) is 0 Å². The number of aromatic amines is 1. The first-order chi connectivity index (χ1) is 12.1. The van der Waals surface area contributed by atoms with Crippen LogP contribution >= 0.6 is 0 Å². The fraction of sp³-hybridized carbons (Fsp3) is 0.526. The average Bonchev–Trinajstić information content (AvgIpc) is 3.23. The molecule has 1 aromatic carbocycles. The van der Waals surface area contributed by atoms with E-state index in [0.29, 0.717) is 11.6 Å². The van der Waals surface area contributed by atoms with Crippen LogP contribution in [0.15, 0.2) is 30.3 Å². The Morgan fingerprint density at radius 1 is 1.28 bits per heavy atom. The monoisotopic (exact) mass is 341 g/mol. The lowest BCUT2D eigenvalue weighted by atomic mass is 10.0. The largest absolute Gasteiger partial charge is 0.347 e. The van der Waals surface area contributed by atoms with Crippen LogP contribution < -0.4 is 5.32 Å². The Kier molecular flexibility index (Phi) is 5.48. The van der Waals surface area contributed by atoms with Gasteiger partial charge in [0.25, 0.3) is 5.91 Å². The maximum absolute atomic E-state index is 12.6. The topological polar surface area (TPSA) is 73.9 Å². The van der Waals surface area contributed by atoms with Crippen LogP contribution in [0.1, 0.15) is 54.6 Å². The molecule has 0 aliphatic carbocycles. The van der Waals surface area contributed by atoms with E-state index in [1.54, 1.807) is 0 Å². The normalized spacial score (nSPS) is 21.0. The highest BCUT2D eigenvalue weighted by Gasteiger charge is 2.39. The average molecular weight is 341 g/mol. The molecule has 6 heteroatoms. The lowest BCUT2D eigenvalue weighted by Crippen LogP contribution is -2.41. The number of carbonyl (C=O) groups excluding carboxylic acids is 1. The SMILES string of the molecule is CCC(CC)N1C[C@@H](NC(=O)c2ccccc2)[C@H](c2n[nH]c(C)n2)C1. The minimum Gasteiger partial charge on any atom is -0.347 e. The molecule has 2 atom stereocenters. The van der Waals surface area contributed by atoms with Crippen molar-refractivity contribution in [2.24, 2.45) is 0 Å². The van der Waals surface area contributed by atoms with Gasteiger partial charge in [-0.25, -0.2) is 4.98 Å². The van der Waals surface area contributed by atoms with Gasteiger partial charge in [-0.1, -0.05) is 32.0 Å². The van der Waals surface area contributed by atoms with Gasteiger partial charge in [-0.05, 0) is 31.9 Å². The highest BCUT2D eigenvalue weighted by Crippen LogP contribution is 2.28. The number of amides is 1. The molecule has 25 heavy (non-hydrogen) atoms. The van der Waals surface area contributed by atoms with Gasteiger partial charge in [0, 0.05) is 24.7 Å². The first-order valence-electron chi connectivity index (χ1n) is 9.11. The van der Waals surface area contributed by atoms with Crippen molar-refractivity contribution in [2.45, 2.75) is 51.6 Å². The number of benzene rings is 1. The first-order valence-corrected chi connectivity index (χ1v) is 9.11. The maximum atomic E-state index is 12.6. The molecular formula is C19H27N5O. The quantitative estimate of drug-likeness (QED) is 0.847. The van der Waals surface area contributed by atoms with E-state index in [0.717, 1.165) is 37.6 Å². The molecule has 0 spiro atoms. The van der Waals surface area contributed by atoms with E-state index in [1.165, 1.54) is 0 Å². The molecule has 1 saturated heterocycles. The fourth-order valence-corrected chi connectivity index (χ4v) is 3.71.